The summed E-state index contributed by atoms with van der Waals surface area (Å²) in [6.45, 7) is 3.50. The monoisotopic (exact) mass is 256 g/mol. The Morgan fingerprint density at radius 2 is 1.62 bits per heavy atom. The lowest BCUT2D eigenvalue weighted by Crippen LogP contribution is -2.10. The lowest BCUT2D eigenvalue weighted by Gasteiger charge is -2.14. The summed E-state index contributed by atoms with van der Waals surface area (Å²) in [5.41, 5.74) is 0. The van der Waals surface area contributed by atoms with Gasteiger partial charge in [-0.2, -0.15) is 0 Å². The Morgan fingerprint density at radius 3 is 2.12 bits per heavy atom. The van der Waals surface area contributed by atoms with Crippen LogP contribution in [0.5, 0.6) is 0 Å². The molecule has 1 unspecified atom stereocenters. The van der Waals surface area contributed by atoms with Gasteiger partial charge in [0.05, 0.1) is 39.6 Å². The predicted molar refractivity (Wildman–Crippen MR) is 59.8 cm³/mol. The lowest BCUT2D eigenvalue weighted by molar-refractivity contribution is 0.0234. The van der Waals surface area contributed by atoms with Gasteiger partial charge in [-0.1, -0.05) is 6.92 Å². The smallest absolute Gasteiger partial charge is 0.330 e. The highest BCUT2D eigenvalue weighted by molar-refractivity contribution is 7.53. The molecule has 0 aliphatic carbocycles. The Labute approximate surface area is 96.4 Å². The zero-order valence-electron chi connectivity index (χ0n) is 9.89. The summed E-state index contributed by atoms with van der Waals surface area (Å²) in [6.07, 6.45) is 0.350. The molecule has 0 aromatic carbocycles. The van der Waals surface area contributed by atoms with E-state index in [1.54, 1.807) is 6.92 Å². The Bertz CT molecular complexity index is 190. The van der Waals surface area contributed by atoms with E-state index in [1.807, 2.05) is 0 Å². The van der Waals surface area contributed by atoms with Gasteiger partial charge in [0.15, 0.2) is 0 Å². The van der Waals surface area contributed by atoms with Gasteiger partial charge in [-0.25, -0.2) is 0 Å². The fourth-order valence-electron chi connectivity index (χ4n) is 0.895. The van der Waals surface area contributed by atoms with Gasteiger partial charge in [-0.3, -0.25) is 4.57 Å². The second-order valence-corrected chi connectivity index (χ2v) is 5.37. The number of aliphatic hydroxyl groups excluding tert-OH is 1. The molecular formula is C9H21O6P. The third-order valence-electron chi connectivity index (χ3n) is 1.79. The fourth-order valence-corrected chi connectivity index (χ4v) is 1.79. The molecular weight excluding hydrogens is 235 g/mol. The van der Waals surface area contributed by atoms with Crippen LogP contribution in [-0.2, 0) is 23.1 Å². The molecule has 0 saturated heterocycles. The largest absolute Gasteiger partial charge is 0.394 e. The minimum Gasteiger partial charge on any atom is -0.394 e. The van der Waals surface area contributed by atoms with Crippen molar-refractivity contribution in [1.29, 1.82) is 0 Å². The first-order valence-electron chi connectivity index (χ1n) is 5.24. The Kier molecular flexibility index (Phi) is 10.2. The Hall–Kier alpha value is 0.0300. The number of aliphatic hydroxyl groups is 1. The molecule has 0 spiro atoms. The van der Waals surface area contributed by atoms with Crippen molar-refractivity contribution >= 4 is 7.60 Å². The summed E-state index contributed by atoms with van der Waals surface area (Å²) in [4.78, 5) is 0. The highest BCUT2D eigenvalue weighted by Crippen LogP contribution is 2.46. The number of rotatable bonds is 11. The molecule has 0 bridgehead atoms. The van der Waals surface area contributed by atoms with Crippen molar-refractivity contribution in [3.05, 3.63) is 0 Å². The molecule has 0 heterocycles. The zero-order valence-corrected chi connectivity index (χ0v) is 10.8. The van der Waals surface area contributed by atoms with Crippen LogP contribution in [0.3, 0.4) is 0 Å². The third-order valence-corrected chi connectivity index (χ3v) is 3.70. The summed E-state index contributed by atoms with van der Waals surface area (Å²) in [5.74, 6) is 0. The molecule has 0 amide bonds. The van der Waals surface area contributed by atoms with E-state index in [9.17, 15) is 4.57 Å². The van der Waals surface area contributed by atoms with E-state index in [1.165, 1.54) is 7.11 Å². The minimum atomic E-state index is -2.89. The number of ether oxygens (including phenoxy) is 2. The normalized spacial score (nSPS) is 14.9. The van der Waals surface area contributed by atoms with Crippen molar-refractivity contribution in [3.63, 3.8) is 0 Å². The highest BCUT2D eigenvalue weighted by atomic mass is 31.2. The third kappa shape index (κ3) is 8.21. The van der Waals surface area contributed by atoms with Gasteiger partial charge in [0.25, 0.3) is 0 Å². The van der Waals surface area contributed by atoms with Gasteiger partial charge >= 0.3 is 7.60 Å². The molecule has 1 N–H and O–H groups in total. The van der Waals surface area contributed by atoms with E-state index in [0.29, 0.717) is 32.6 Å². The molecule has 7 heteroatoms. The Balaban J connectivity index is 3.29. The first-order chi connectivity index (χ1) is 7.68. The van der Waals surface area contributed by atoms with E-state index >= 15 is 0 Å². The summed E-state index contributed by atoms with van der Waals surface area (Å²) in [6, 6.07) is 0. The fraction of sp³-hybridized carbons (Fsp3) is 1.00. The first kappa shape index (κ1) is 16.0. The van der Waals surface area contributed by atoms with Crippen LogP contribution in [-0.4, -0.2) is 58.0 Å². The molecule has 0 aliphatic rings. The molecule has 98 valence electrons. The second-order valence-electron chi connectivity index (χ2n) is 2.89. The van der Waals surface area contributed by atoms with Gasteiger partial charge in [-0.15, -0.1) is 0 Å². The predicted octanol–water partition coefficient (Wildman–Crippen LogP) is 0.888. The maximum Gasteiger partial charge on any atom is 0.330 e. The van der Waals surface area contributed by atoms with Crippen LogP contribution in [0.15, 0.2) is 0 Å². The average molecular weight is 256 g/mol. The van der Waals surface area contributed by atoms with Crippen LogP contribution >= 0.6 is 7.60 Å². The van der Waals surface area contributed by atoms with Crippen molar-refractivity contribution in [3.8, 4) is 0 Å². The molecule has 0 fully saturated rings. The van der Waals surface area contributed by atoms with Crippen LogP contribution in [0.4, 0.5) is 0 Å². The number of hydrogen-bond donors (Lipinski definition) is 1. The molecule has 6 nitrogen and oxygen atoms in total. The Morgan fingerprint density at radius 1 is 1.06 bits per heavy atom. The van der Waals surface area contributed by atoms with Crippen molar-refractivity contribution in [2.24, 2.45) is 0 Å². The van der Waals surface area contributed by atoms with Crippen molar-refractivity contribution in [1.82, 2.24) is 0 Å². The van der Waals surface area contributed by atoms with Crippen molar-refractivity contribution in [2.75, 3.05) is 52.9 Å². The van der Waals surface area contributed by atoms with E-state index in [-0.39, 0.29) is 13.2 Å². The average Bonchev–Trinajstić information content (AvgIpc) is 2.32. The van der Waals surface area contributed by atoms with Crippen LogP contribution < -0.4 is 0 Å². The van der Waals surface area contributed by atoms with E-state index in [2.05, 4.69) is 0 Å². The zero-order chi connectivity index (χ0) is 12.3. The maximum absolute atomic E-state index is 11.6. The SMILES string of the molecule is CCP(=O)(OC)OCCOCCOCCO. The first-order valence-corrected chi connectivity index (χ1v) is 6.97. The van der Waals surface area contributed by atoms with E-state index < -0.39 is 7.60 Å². The molecule has 1 atom stereocenters. The number of hydrogen-bond acceptors (Lipinski definition) is 6. The molecule has 0 radical (unpaired) electrons. The lowest BCUT2D eigenvalue weighted by atomic mass is 10.7. The van der Waals surface area contributed by atoms with Crippen molar-refractivity contribution in [2.45, 2.75) is 6.92 Å². The summed E-state index contributed by atoms with van der Waals surface area (Å²) in [5, 5.41) is 8.42. The van der Waals surface area contributed by atoms with Gasteiger partial charge in [0.1, 0.15) is 0 Å². The molecule has 0 aliphatic heterocycles. The van der Waals surface area contributed by atoms with Crippen LogP contribution in [0.1, 0.15) is 6.92 Å². The summed E-state index contributed by atoms with van der Waals surface area (Å²) in [7, 11) is -1.52. The summed E-state index contributed by atoms with van der Waals surface area (Å²) < 4.78 is 31.6. The molecule has 0 rings (SSSR count). The van der Waals surface area contributed by atoms with Gasteiger partial charge < -0.3 is 23.6 Å². The molecule has 0 aromatic rings. The van der Waals surface area contributed by atoms with E-state index in [0.717, 1.165) is 0 Å². The maximum atomic E-state index is 11.6. The van der Waals surface area contributed by atoms with Gasteiger partial charge in [0.2, 0.25) is 0 Å². The molecule has 16 heavy (non-hydrogen) atoms. The standard InChI is InChI=1S/C9H21O6P/c1-3-16(11,12-2)15-9-8-14-7-6-13-5-4-10/h10H,3-9H2,1-2H3. The van der Waals surface area contributed by atoms with Crippen LogP contribution in [0.2, 0.25) is 0 Å². The highest BCUT2D eigenvalue weighted by Gasteiger charge is 2.18. The molecule has 0 saturated carbocycles. The molecule has 0 aromatic heterocycles. The van der Waals surface area contributed by atoms with Gasteiger partial charge in [0, 0.05) is 13.3 Å². The van der Waals surface area contributed by atoms with Crippen molar-refractivity contribution < 1.29 is 28.2 Å². The van der Waals surface area contributed by atoms with E-state index in [4.69, 9.17) is 23.6 Å². The minimum absolute atomic E-state index is 0.0105. The second kappa shape index (κ2) is 10.2. The topological polar surface area (TPSA) is 74.2 Å². The van der Waals surface area contributed by atoms with Crippen LogP contribution in [0.25, 0.3) is 0 Å². The van der Waals surface area contributed by atoms with Gasteiger partial charge in [-0.05, 0) is 0 Å². The van der Waals surface area contributed by atoms with Crippen LogP contribution in [0, 0.1) is 0 Å². The summed E-state index contributed by atoms with van der Waals surface area (Å²) >= 11 is 0. The quantitative estimate of drug-likeness (QED) is 0.437.